The highest BCUT2D eigenvalue weighted by Gasteiger charge is 2.31. The van der Waals surface area contributed by atoms with Crippen LogP contribution in [0.25, 0.3) is 0 Å². The van der Waals surface area contributed by atoms with E-state index >= 15 is 0 Å². The number of hydrogen-bond acceptors (Lipinski definition) is 5. The van der Waals surface area contributed by atoms with Crippen molar-refractivity contribution in [2.45, 2.75) is 77.2 Å². The van der Waals surface area contributed by atoms with Crippen molar-refractivity contribution in [2.75, 3.05) is 33.0 Å². The minimum Gasteiger partial charge on any atom is -0.394 e. The van der Waals surface area contributed by atoms with Crippen molar-refractivity contribution in [3.8, 4) is 0 Å². The molecule has 0 fully saturated rings. The number of carbonyl (C=O) groups excluding carboxylic acids is 1. The summed E-state index contributed by atoms with van der Waals surface area (Å²) in [5.41, 5.74) is 0.103. The molecule has 174 valence electrons. The molecule has 0 aromatic carbocycles. The second kappa shape index (κ2) is 15.6. The summed E-state index contributed by atoms with van der Waals surface area (Å²) in [6.07, 6.45) is 17.0. The van der Waals surface area contributed by atoms with Gasteiger partial charge in [0.15, 0.2) is 0 Å². The summed E-state index contributed by atoms with van der Waals surface area (Å²) in [7, 11) is 0. The van der Waals surface area contributed by atoms with Gasteiger partial charge >= 0.3 is 0 Å². The number of rotatable bonds is 17. The molecule has 1 amide bonds. The monoisotopic (exact) mass is 425 g/mol. The van der Waals surface area contributed by atoms with Gasteiger partial charge in [0.1, 0.15) is 6.61 Å². The van der Waals surface area contributed by atoms with E-state index in [0.29, 0.717) is 24.7 Å². The Hall–Kier alpha value is -1.21. The predicted octanol–water partition coefficient (Wildman–Crippen LogP) is 3.11. The zero-order valence-corrected chi connectivity index (χ0v) is 18.9. The summed E-state index contributed by atoms with van der Waals surface area (Å²) in [5, 5.41) is 31.0. The van der Waals surface area contributed by atoms with Gasteiger partial charge in [-0.2, -0.15) is 0 Å². The van der Waals surface area contributed by atoms with Gasteiger partial charge in [-0.15, -0.1) is 0 Å². The quantitative estimate of drug-likeness (QED) is 0.268. The molecule has 6 heteroatoms. The van der Waals surface area contributed by atoms with Crippen molar-refractivity contribution >= 4 is 5.91 Å². The fraction of sp³-hybridized carbons (Fsp3) is 0.792. The Morgan fingerprint density at radius 1 is 1.13 bits per heavy atom. The molecule has 1 aliphatic carbocycles. The molecule has 2 atom stereocenters. The number of ether oxygens (including phenoxy) is 1. The predicted molar refractivity (Wildman–Crippen MR) is 120 cm³/mol. The summed E-state index contributed by atoms with van der Waals surface area (Å²) in [6.45, 7) is 3.51. The van der Waals surface area contributed by atoms with Gasteiger partial charge in [0.2, 0.25) is 5.91 Å². The zero-order valence-electron chi connectivity index (χ0n) is 18.9. The van der Waals surface area contributed by atoms with Gasteiger partial charge in [0.05, 0.1) is 32.0 Å². The van der Waals surface area contributed by atoms with Gasteiger partial charge < -0.3 is 25.4 Å². The number of nitrogens with one attached hydrogen (secondary N) is 1. The molecule has 1 aliphatic rings. The Morgan fingerprint density at radius 2 is 1.83 bits per heavy atom. The van der Waals surface area contributed by atoms with E-state index < -0.39 is 11.4 Å². The SMILES string of the molecule is CCCCCCCCC1C=CC(CCC(CO)(CO)NC(=O)COCCO)=CC1C. The van der Waals surface area contributed by atoms with Crippen LogP contribution in [-0.2, 0) is 9.53 Å². The van der Waals surface area contributed by atoms with Crippen LogP contribution in [0.15, 0.2) is 23.8 Å². The second-order valence-corrected chi connectivity index (χ2v) is 8.60. The third-order valence-corrected chi connectivity index (χ3v) is 5.97. The largest absolute Gasteiger partial charge is 0.394 e. The van der Waals surface area contributed by atoms with Gasteiger partial charge in [-0.1, -0.05) is 76.2 Å². The van der Waals surface area contributed by atoms with Crippen molar-refractivity contribution in [3.05, 3.63) is 23.8 Å². The van der Waals surface area contributed by atoms with Gasteiger partial charge in [0.25, 0.3) is 0 Å². The van der Waals surface area contributed by atoms with Crippen LogP contribution in [-0.4, -0.2) is 59.8 Å². The number of unbranched alkanes of at least 4 members (excludes halogenated alkanes) is 5. The molecule has 0 saturated heterocycles. The summed E-state index contributed by atoms with van der Waals surface area (Å²) in [6, 6.07) is 0. The second-order valence-electron chi connectivity index (χ2n) is 8.60. The Labute approximate surface area is 182 Å². The number of aliphatic hydroxyl groups is 3. The molecular formula is C24H43NO5. The summed E-state index contributed by atoms with van der Waals surface area (Å²) >= 11 is 0. The molecule has 0 saturated carbocycles. The molecule has 0 aromatic heterocycles. The van der Waals surface area contributed by atoms with E-state index in [0.717, 1.165) is 0 Å². The lowest BCUT2D eigenvalue weighted by molar-refractivity contribution is -0.129. The number of amides is 1. The van der Waals surface area contributed by atoms with E-state index in [1.54, 1.807) is 0 Å². The van der Waals surface area contributed by atoms with E-state index in [1.165, 1.54) is 50.5 Å². The molecule has 6 nitrogen and oxygen atoms in total. The number of allylic oxidation sites excluding steroid dienone is 4. The Bertz CT molecular complexity index is 528. The maximum atomic E-state index is 12.0. The minimum atomic E-state index is -1.08. The molecule has 1 rings (SSSR count). The average molecular weight is 426 g/mol. The third kappa shape index (κ3) is 10.2. The molecular weight excluding hydrogens is 382 g/mol. The van der Waals surface area contributed by atoms with Crippen LogP contribution in [0.2, 0.25) is 0 Å². The van der Waals surface area contributed by atoms with Crippen molar-refractivity contribution in [1.29, 1.82) is 0 Å². The van der Waals surface area contributed by atoms with Crippen molar-refractivity contribution in [2.24, 2.45) is 11.8 Å². The minimum absolute atomic E-state index is 0.0775. The first-order chi connectivity index (χ1) is 14.5. The normalized spacial score (nSPS) is 19.0. The highest BCUT2D eigenvalue weighted by Crippen LogP contribution is 2.30. The maximum absolute atomic E-state index is 12.0. The Kier molecular flexibility index (Phi) is 13.9. The molecule has 0 radical (unpaired) electrons. The lowest BCUT2D eigenvalue weighted by atomic mass is 9.81. The van der Waals surface area contributed by atoms with Crippen molar-refractivity contribution in [3.63, 3.8) is 0 Å². The van der Waals surface area contributed by atoms with Crippen LogP contribution in [0.3, 0.4) is 0 Å². The Morgan fingerprint density at radius 3 is 2.47 bits per heavy atom. The molecule has 0 aliphatic heterocycles. The molecule has 0 bridgehead atoms. The first-order valence-electron chi connectivity index (χ1n) is 11.6. The van der Waals surface area contributed by atoms with E-state index in [9.17, 15) is 15.0 Å². The lowest BCUT2D eigenvalue weighted by Crippen LogP contribution is -2.55. The standard InChI is InChI=1S/C24H43NO5/c1-3-4-5-6-7-8-9-22-11-10-21(16-20(22)2)12-13-24(18-27,19-28)25-23(29)17-30-15-14-26/h10-11,16,20,22,26-28H,3-9,12-15,17-19H2,1-2H3,(H,25,29). The van der Waals surface area contributed by atoms with Gasteiger partial charge in [-0.05, 0) is 31.1 Å². The highest BCUT2D eigenvalue weighted by atomic mass is 16.5. The summed E-state index contributed by atoms with van der Waals surface area (Å²) < 4.78 is 5.01. The zero-order chi connectivity index (χ0) is 22.2. The molecule has 0 spiro atoms. The average Bonchev–Trinajstić information content (AvgIpc) is 2.75. The molecule has 2 unspecified atom stereocenters. The van der Waals surface area contributed by atoms with E-state index in [1.807, 2.05) is 0 Å². The lowest BCUT2D eigenvalue weighted by Gasteiger charge is -2.32. The first-order valence-corrected chi connectivity index (χ1v) is 11.6. The molecule has 0 heterocycles. The fourth-order valence-corrected chi connectivity index (χ4v) is 3.92. The van der Waals surface area contributed by atoms with Crippen LogP contribution < -0.4 is 5.32 Å². The number of hydrogen-bond donors (Lipinski definition) is 4. The van der Waals surface area contributed by atoms with Gasteiger partial charge in [-0.25, -0.2) is 0 Å². The first kappa shape index (κ1) is 26.8. The third-order valence-electron chi connectivity index (χ3n) is 5.97. The maximum Gasteiger partial charge on any atom is 0.246 e. The fourth-order valence-electron chi connectivity index (χ4n) is 3.92. The smallest absolute Gasteiger partial charge is 0.246 e. The summed E-state index contributed by atoms with van der Waals surface area (Å²) in [5.74, 6) is 0.635. The van der Waals surface area contributed by atoms with Crippen LogP contribution in [0.4, 0.5) is 0 Å². The Balaban J connectivity index is 2.45. The number of aliphatic hydroxyl groups excluding tert-OH is 3. The van der Waals surface area contributed by atoms with Gasteiger partial charge in [0, 0.05) is 0 Å². The van der Waals surface area contributed by atoms with Crippen LogP contribution in [0.5, 0.6) is 0 Å². The van der Waals surface area contributed by atoms with E-state index in [-0.39, 0.29) is 33.0 Å². The topological polar surface area (TPSA) is 99.0 Å². The van der Waals surface area contributed by atoms with E-state index in [4.69, 9.17) is 9.84 Å². The highest BCUT2D eigenvalue weighted by molar-refractivity contribution is 5.78. The van der Waals surface area contributed by atoms with Crippen LogP contribution >= 0.6 is 0 Å². The molecule has 30 heavy (non-hydrogen) atoms. The van der Waals surface area contributed by atoms with Gasteiger partial charge in [-0.3, -0.25) is 4.79 Å². The molecule has 0 aromatic rings. The van der Waals surface area contributed by atoms with Crippen LogP contribution in [0.1, 0.15) is 71.6 Å². The van der Waals surface area contributed by atoms with E-state index in [2.05, 4.69) is 37.4 Å². The molecule has 4 N–H and O–H groups in total. The number of carbonyl (C=O) groups is 1. The van der Waals surface area contributed by atoms with Crippen molar-refractivity contribution < 1.29 is 24.9 Å². The van der Waals surface area contributed by atoms with Crippen LogP contribution in [0, 0.1) is 11.8 Å². The van der Waals surface area contributed by atoms with Crippen molar-refractivity contribution in [1.82, 2.24) is 5.32 Å². The summed E-state index contributed by atoms with van der Waals surface area (Å²) in [4.78, 5) is 12.0.